The predicted molar refractivity (Wildman–Crippen MR) is 95.9 cm³/mol. The van der Waals surface area contributed by atoms with E-state index < -0.39 is 22.9 Å². The van der Waals surface area contributed by atoms with Crippen LogP contribution < -0.4 is 11.1 Å². The lowest BCUT2D eigenvalue weighted by atomic mass is 10.1. The van der Waals surface area contributed by atoms with Crippen molar-refractivity contribution in [3.8, 4) is 0 Å². The fourth-order valence-electron chi connectivity index (χ4n) is 2.15. The van der Waals surface area contributed by atoms with Crippen LogP contribution in [-0.2, 0) is 11.0 Å². The number of rotatable bonds is 5. The summed E-state index contributed by atoms with van der Waals surface area (Å²) in [5.41, 5.74) is 4.97. The van der Waals surface area contributed by atoms with E-state index in [1.807, 2.05) is 0 Å². The molecule has 134 valence electrons. The summed E-state index contributed by atoms with van der Waals surface area (Å²) in [6, 6.07) is 10.2. The van der Waals surface area contributed by atoms with Crippen LogP contribution >= 0.6 is 23.4 Å². The molecule has 0 radical (unpaired) electrons. The fraction of sp³-hybridized carbons (Fsp3) is 0.235. The molecule has 0 bridgehead atoms. The van der Waals surface area contributed by atoms with Crippen LogP contribution in [0.3, 0.4) is 0 Å². The highest BCUT2D eigenvalue weighted by Crippen LogP contribution is 2.37. The Balaban J connectivity index is 2.20. The number of nitrogen functional groups attached to an aromatic ring is 1. The van der Waals surface area contributed by atoms with Crippen LogP contribution in [0.1, 0.15) is 18.9 Å². The summed E-state index contributed by atoms with van der Waals surface area (Å²) in [5.74, 6) is -0.511. The molecule has 25 heavy (non-hydrogen) atoms. The Hall–Kier alpha value is -1.86. The van der Waals surface area contributed by atoms with Crippen molar-refractivity contribution in [3.63, 3.8) is 0 Å². The van der Waals surface area contributed by atoms with Gasteiger partial charge in [-0.1, -0.05) is 24.6 Å². The Morgan fingerprint density at radius 1 is 1.28 bits per heavy atom. The first-order valence-electron chi connectivity index (χ1n) is 7.40. The third-order valence-corrected chi connectivity index (χ3v) is 4.94. The number of anilines is 2. The van der Waals surface area contributed by atoms with Gasteiger partial charge in [-0.15, -0.1) is 11.8 Å². The highest BCUT2D eigenvalue weighted by molar-refractivity contribution is 8.00. The van der Waals surface area contributed by atoms with Gasteiger partial charge in [0.2, 0.25) is 5.91 Å². The molecule has 0 aromatic heterocycles. The van der Waals surface area contributed by atoms with Crippen molar-refractivity contribution in [1.29, 1.82) is 0 Å². The minimum absolute atomic E-state index is 0.0495. The summed E-state index contributed by atoms with van der Waals surface area (Å²) in [6.07, 6.45) is -4.17. The largest absolute Gasteiger partial charge is 0.418 e. The third kappa shape index (κ3) is 5.31. The van der Waals surface area contributed by atoms with E-state index in [1.54, 1.807) is 31.2 Å². The zero-order valence-electron chi connectivity index (χ0n) is 13.2. The summed E-state index contributed by atoms with van der Waals surface area (Å²) in [7, 11) is 0. The smallest absolute Gasteiger partial charge is 0.399 e. The van der Waals surface area contributed by atoms with Gasteiger partial charge < -0.3 is 11.1 Å². The van der Waals surface area contributed by atoms with Gasteiger partial charge in [-0.3, -0.25) is 4.79 Å². The Kier molecular flexibility index (Phi) is 6.24. The number of nitrogens with one attached hydrogen (secondary N) is 1. The average molecular weight is 389 g/mol. The summed E-state index contributed by atoms with van der Waals surface area (Å²) in [6.45, 7) is 1.79. The Bertz CT molecular complexity index is 768. The van der Waals surface area contributed by atoms with Crippen molar-refractivity contribution < 1.29 is 18.0 Å². The molecule has 0 saturated carbocycles. The second-order valence-corrected chi connectivity index (χ2v) is 6.98. The van der Waals surface area contributed by atoms with Gasteiger partial charge in [0.05, 0.1) is 16.5 Å². The van der Waals surface area contributed by atoms with Crippen molar-refractivity contribution in [2.75, 3.05) is 11.1 Å². The van der Waals surface area contributed by atoms with Gasteiger partial charge in [-0.25, -0.2) is 0 Å². The molecule has 0 aliphatic rings. The maximum absolute atomic E-state index is 13.1. The van der Waals surface area contributed by atoms with Crippen LogP contribution in [-0.4, -0.2) is 11.2 Å². The van der Waals surface area contributed by atoms with Gasteiger partial charge in [-0.05, 0) is 42.8 Å². The Morgan fingerprint density at radius 2 is 2.00 bits per heavy atom. The van der Waals surface area contributed by atoms with Crippen LogP contribution in [0.5, 0.6) is 0 Å². The van der Waals surface area contributed by atoms with Gasteiger partial charge in [0.15, 0.2) is 0 Å². The van der Waals surface area contributed by atoms with Crippen molar-refractivity contribution in [3.05, 3.63) is 53.1 Å². The second-order valence-electron chi connectivity index (χ2n) is 5.26. The quantitative estimate of drug-likeness (QED) is 0.529. The minimum atomic E-state index is -4.61. The molecule has 0 spiro atoms. The number of carbonyl (C=O) groups is 1. The number of hydrogen-bond acceptors (Lipinski definition) is 3. The van der Waals surface area contributed by atoms with Crippen molar-refractivity contribution in [1.82, 2.24) is 0 Å². The molecule has 0 saturated heterocycles. The number of alkyl halides is 3. The first-order chi connectivity index (χ1) is 11.7. The SMILES string of the molecule is CCC(Sc1cccc(N)c1)C(=O)Nc1ccc(Cl)cc1C(F)(F)F. The molecule has 0 fully saturated rings. The lowest BCUT2D eigenvalue weighted by Gasteiger charge is -2.18. The molecule has 2 aromatic carbocycles. The van der Waals surface area contributed by atoms with Crippen molar-refractivity contribution in [2.24, 2.45) is 0 Å². The molecule has 0 aliphatic heterocycles. The number of carbonyl (C=O) groups excluding carboxylic acids is 1. The third-order valence-electron chi connectivity index (χ3n) is 3.34. The van der Waals surface area contributed by atoms with Gasteiger partial charge in [0.1, 0.15) is 0 Å². The minimum Gasteiger partial charge on any atom is -0.399 e. The number of nitrogens with two attached hydrogens (primary N) is 1. The monoisotopic (exact) mass is 388 g/mol. The number of thioether (sulfide) groups is 1. The maximum Gasteiger partial charge on any atom is 0.418 e. The summed E-state index contributed by atoms with van der Waals surface area (Å²) in [4.78, 5) is 13.2. The van der Waals surface area contributed by atoms with Crippen LogP contribution in [0.25, 0.3) is 0 Å². The maximum atomic E-state index is 13.1. The van der Waals surface area contributed by atoms with E-state index in [1.165, 1.54) is 17.8 Å². The fourth-order valence-corrected chi connectivity index (χ4v) is 3.34. The summed E-state index contributed by atoms with van der Waals surface area (Å²) >= 11 is 6.89. The normalized spacial score (nSPS) is 12.7. The van der Waals surface area contributed by atoms with Crippen LogP contribution in [0.15, 0.2) is 47.4 Å². The number of halogens is 4. The van der Waals surface area contributed by atoms with E-state index in [0.29, 0.717) is 12.1 Å². The average Bonchev–Trinajstić information content (AvgIpc) is 2.53. The predicted octanol–water partition coefficient (Wildman–Crippen LogP) is 5.45. The molecule has 0 heterocycles. The van der Waals surface area contributed by atoms with Gasteiger partial charge in [0.25, 0.3) is 0 Å². The molecular formula is C17H16ClF3N2OS. The standard InChI is InChI=1S/C17H16ClF3N2OS/c1-2-15(25-12-5-3-4-11(22)9-12)16(24)23-14-7-6-10(18)8-13(14)17(19,20)21/h3-9,15H,2,22H2,1H3,(H,23,24). The molecule has 1 atom stereocenters. The lowest BCUT2D eigenvalue weighted by Crippen LogP contribution is -2.26. The molecule has 3 nitrogen and oxygen atoms in total. The highest BCUT2D eigenvalue weighted by Gasteiger charge is 2.34. The van der Waals surface area contributed by atoms with Crippen molar-refractivity contribution >= 4 is 40.6 Å². The molecular weight excluding hydrogens is 373 g/mol. The van der Waals surface area contributed by atoms with E-state index in [2.05, 4.69) is 5.32 Å². The summed E-state index contributed by atoms with van der Waals surface area (Å²) in [5, 5.41) is 1.75. The molecule has 0 aliphatic carbocycles. The number of benzene rings is 2. The zero-order valence-corrected chi connectivity index (χ0v) is 14.8. The van der Waals surface area contributed by atoms with E-state index in [4.69, 9.17) is 17.3 Å². The van der Waals surface area contributed by atoms with Gasteiger partial charge >= 0.3 is 6.18 Å². The topological polar surface area (TPSA) is 55.1 Å². The second kappa shape index (κ2) is 8.01. The molecule has 3 N–H and O–H groups in total. The molecule has 8 heteroatoms. The van der Waals surface area contributed by atoms with E-state index >= 15 is 0 Å². The lowest BCUT2D eigenvalue weighted by molar-refractivity contribution is -0.137. The molecule has 1 amide bonds. The van der Waals surface area contributed by atoms with Crippen LogP contribution in [0.4, 0.5) is 24.5 Å². The van der Waals surface area contributed by atoms with E-state index in [9.17, 15) is 18.0 Å². The molecule has 1 unspecified atom stereocenters. The van der Waals surface area contributed by atoms with Gasteiger partial charge in [0, 0.05) is 15.6 Å². The van der Waals surface area contributed by atoms with Crippen molar-refractivity contribution in [2.45, 2.75) is 29.7 Å². The van der Waals surface area contributed by atoms with Gasteiger partial charge in [-0.2, -0.15) is 13.2 Å². The van der Waals surface area contributed by atoms with E-state index in [0.717, 1.165) is 17.0 Å². The zero-order chi connectivity index (χ0) is 18.6. The van der Waals surface area contributed by atoms with E-state index in [-0.39, 0.29) is 10.7 Å². The van der Waals surface area contributed by atoms with Crippen LogP contribution in [0.2, 0.25) is 5.02 Å². The Labute approximate surface area is 152 Å². The molecule has 2 rings (SSSR count). The highest BCUT2D eigenvalue weighted by atomic mass is 35.5. The summed E-state index contributed by atoms with van der Waals surface area (Å²) < 4.78 is 39.4. The first-order valence-corrected chi connectivity index (χ1v) is 8.66. The number of amides is 1. The number of hydrogen-bond donors (Lipinski definition) is 2. The Morgan fingerprint density at radius 3 is 2.60 bits per heavy atom. The van der Waals surface area contributed by atoms with Crippen LogP contribution in [0, 0.1) is 0 Å². The first kappa shape index (κ1) is 19.5. The molecule has 2 aromatic rings.